The second-order valence-electron chi connectivity index (χ2n) is 10.1. The molecule has 0 radical (unpaired) electrons. The molecule has 0 bridgehead atoms. The van der Waals surface area contributed by atoms with Gasteiger partial charge in [0, 0.05) is 50.3 Å². The van der Waals surface area contributed by atoms with Crippen LogP contribution in [0, 0.1) is 0 Å². The summed E-state index contributed by atoms with van der Waals surface area (Å²) in [5.41, 5.74) is 3.82. The lowest BCUT2D eigenvalue weighted by molar-refractivity contribution is -0.114. The molecule has 1 amide bonds. The third kappa shape index (κ3) is 5.68. The maximum Gasteiger partial charge on any atom is 0.229 e. The molecule has 1 fully saturated rings. The number of ketones is 1. The highest BCUT2D eigenvalue weighted by atomic mass is 35.5. The van der Waals surface area contributed by atoms with E-state index in [-0.39, 0.29) is 24.1 Å². The number of carbonyl (C=O) groups excluding carboxylic acids is 2. The zero-order valence-corrected chi connectivity index (χ0v) is 22.1. The van der Waals surface area contributed by atoms with Crippen molar-refractivity contribution in [2.24, 2.45) is 0 Å². The van der Waals surface area contributed by atoms with Crippen molar-refractivity contribution in [1.82, 2.24) is 4.90 Å². The van der Waals surface area contributed by atoms with Crippen LogP contribution in [0.1, 0.15) is 54.1 Å². The number of Topliss-reactive ketones (excluding diaryl/α,β-unsaturated/α-hetero) is 1. The van der Waals surface area contributed by atoms with Crippen molar-refractivity contribution in [2.45, 2.75) is 57.1 Å². The number of halogens is 1. The Morgan fingerprint density at radius 3 is 2.50 bits per heavy atom. The molecule has 2 heterocycles. The highest BCUT2D eigenvalue weighted by Crippen LogP contribution is 2.41. The number of carbonyl (C=O) groups is 2. The number of sulfonamides is 1. The number of hydrogen-bond donors (Lipinski definition) is 2. The molecule has 36 heavy (non-hydrogen) atoms. The SMILES string of the molecule is CC(=O)Nc1ccc2c(c1)CC[C@@H](N1CCC3(CC1)CC(=O)c1cc(NS(C)(=O)=O)ccc1O3)C2.Cl. The molecule has 10 heteroatoms. The Morgan fingerprint density at radius 1 is 1.08 bits per heavy atom. The average molecular weight is 534 g/mol. The van der Waals surface area contributed by atoms with Crippen LogP contribution in [-0.2, 0) is 27.7 Å². The number of piperidine rings is 1. The number of hydrogen-bond acceptors (Lipinski definition) is 6. The molecule has 2 aliphatic heterocycles. The first-order chi connectivity index (χ1) is 16.6. The minimum atomic E-state index is -3.42. The van der Waals surface area contributed by atoms with Gasteiger partial charge in [-0.2, -0.15) is 0 Å². The maximum absolute atomic E-state index is 13.0. The van der Waals surface area contributed by atoms with E-state index in [1.807, 2.05) is 6.07 Å². The van der Waals surface area contributed by atoms with Gasteiger partial charge in [-0.25, -0.2) is 8.42 Å². The summed E-state index contributed by atoms with van der Waals surface area (Å²) in [6.45, 7) is 3.27. The maximum atomic E-state index is 13.0. The van der Waals surface area contributed by atoms with Crippen molar-refractivity contribution in [1.29, 1.82) is 0 Å². The van der Waals surface area contributed by atoms with Crippen LogP contribution in [0.15, 0.2) is 36.4 Å². The predicted octanol–water partition coefficient (Wildman–Crippen LogP) is 3.80. The molecule has 3 aliphatic rings. The first-order valence-corrected chi connectivity index (χ1v) is 14.0. The van der Waals surface area contributed by atoms with Gasteiger partial charge in [0.05, 0.1) is 18.2 Å². The minimum Gasteiger partial charge on any atom is -0.486 e. The van der Waals surface area contributed by atoms with E-state index in [0.717, 1.165) is 57.1 Å². The molecule has 1 aliphatic carbocycles. The Labute approximate surface area is 218 Å². The van der Waals surface area contributed by atoms with E-state index in [4.69, 9.17) is 4.74 Å². The molecule has 194 valence electrons. The summed E-state index contributed by atoms with van der Waals surface area (Å²) in [5.74, 6) is 0.478. The topological polar surface area (TPSA) is 105 Å². The lowest BCUT2D eigenvalue weighted by Crippen LogP contribution is -2.54. The number of ether oxygens (including phenoxy) is 1. The molecule has 8 nitrogen and oxygen atoms in total. The van der Waals surface area contributed by atoms with E-state index >= 15 is 0 Å². The first kappa shape index (κ1) is 26.4. The van der Waals surface area contributed by atoms with Gasteiger partial charge in [0.2, 0.25) is 15.9 Å². The molecule has 2 aromatic carbocycles. The second kappa shape index (κ2) is 10.0. The van der Waals surface area contributed by atoms with E-state index in [1.165, 1.54) is 18.1 Å². The van der Waals surface area contributed by atoms with Crippen LogP contribution in [0.25, 0.3) is 0 Å². The summed E-state index contributed by atoms with van der Waals surface area (Å²) < 4.78 is 31.9. The monoisotopic (exact) mass is 533 g/mol. The van der Waals surface area contributed by atoms with Crippen molar-refractivity contribution in [2.75, 3.05) is 29.4 Å². The van der Waals surface area contributed by atoms with E-state index < -0.39 is 15.6 Å². The smallest absolute Gasteiger partial charge is 0.229 e. The molecule has 1 saturated heterocycles. The Kier molecular flexibility index (Phi) is 7.37. The number of rotatable bonds is 4. The van der Waals surface area contributed by atoms with E-state index in [9.17, 15) is 18.0 Å². The van der Waals surface area contributed by atoms with Gasteiger partial charge in [0.1, 0.15) is 11.4 Å². The molecule has 1 atom stereocenters. The molecule has 2 N–H and O–H groups in total. The van der Waals surface area contributed by atoms with Crippen molar-refractivity contribution < 1.29 is 22.7 Å². The van der Waals surface area contributed by atoms with Crippen molar-refractivity contribution in [3.8, 4) is 5.75 Å². The number of likely N-dealkylation sites (tertiary alicyclic amines) is 1. The Hall–Kier alpha value is -2.62. The van der Waals surface area contributed by atoms with Gasteiger partial charge in [0.25, 0.3) is 0 Å². The Bertz CT molecular complexity index is 1290. The number of nitrogens with zero attached hydrogens (tertiary/aromatic N) is 1. The van der Waals surface area contributed by atoms with Crippen LogP contribution in [0.5, 0.6) is 5.75 Å². The third-order valence-electron chi connectivity index (χ3n) is 7.35. The molecule has 0 saturated carbocycles. The molecule has 0 unspecified atom stereocenters. The van der Waals surface area contributed by atoms with E-state index in [2.05, 4.69) is 27.1 Å². The van der Waals surface area contributed by atoms with Gasteiger partial charge in [0.15, 0.2) is 5.78 Å². The van der Waals surface area contributed by atoms with Gasteiger partial charge in [-0.05, 0) is 60.7 Å². The number of fused-ring (bicyclic) bond motifs is 2. The number of nitrogens with one attached hydrogen (secondary N) is 2. The molecule has 1 spiro atoms. The van der Waals surface area contributed by atoms with Crippen LogP contribution in [0.2, 0.25) is 0 Å². The summed E-state index contributed by atoms with van der Waals surface area (Å²) >= 11 is 0. The normalized spacial score (nSPS) is 20.9. The largest absolute Gasteiger partial charge is 0.486 e. The molecule has 5 rings (SSSR count). The van der Waals surface area contributed by atoms with Gasteiger partial charge < -0.3 is 10.1 Å². The zero-order valence-electron chi connectivity index (χ0n) is 20.5. The summed E-state index contributed by atoms with van der Waals surface area (Å²) in [4.78, 5) is 26.9. The van der Waals surface area contributed by atoms with Crippen LogP contribution in [-0.4, -0.2) is 56.0 Å². The highest BCUT2D eigenvalue weighted by Gasteiger charge is 2.44. The fraction of sp³-hybridized carbons (Fsp3) is 0.462. The average Bonchev–Trinajstić information content (AvgIpc) is 2.78. The van der Waals surface area contributed by atoms with Gasteiger partial charge in [-0.1, -0.05) is 6.07 Å². The fourth-order valence-corrected chi connectivity index (χ4v) is 6.23. The van der Waals surface area contributed by atoms with Crippen LogP contribution < -0.4 is 14.8 Å². The van der Waals surface area contributed by atoms with Crippen LogP contribution in [0.3, 0.4) is 0 Å². The molecule has 2 aromatic rings. The van der Waals surface area contributed by atoms with Crippen molar-refractivity contribution in [3.05, 3.63) is 53.1 Å². The third-order valence-corrected chi connectivity index (χ3v) is 7.95. The van der Waals surface area contributed by atoms with Crippen molar-refractivity contribution >= 4 is 45.5 Å². The molecular weight excluding hydrogens is 502 g/mol. The molecular formula is C26H32ClN3O5S. The van der Waals surface area contributed by atoms with Crippen LogP contribution >= 0.6 is 12.4 Å². The summed E-state index contributed by atoms with van der Waals surface area (Å²) in [5, 5.41) is 2.86. The molecule has 0 aromatic heterocycles. The summed E-state index contributed by atoms with van der Waals surface area (Å²) in [7, 11) is -3.42. The number of anilines is 2. The first-order valence-electron chi connectivity index (χ1n) is 12.1. The van der Waals surface area contributed by atoms with E-state index in [1.54, 1.807) is 18.2 Å². The van der Waals surface area contributed by atoms with Gasteiger partial charge in [-0.3, -0.25) is 19.2 Å². The van der Waals surface area contributed by atoms with Crippen LogP contribution in [0.4, 0.5) is 11.4 Å². The lowest BCUT2D eigenvalue weighted by Gasteiger charge is -2.46. The van der Waals surface area contributed by atoms with Gasteiger partial charge in [-0.15, -0.1) is 12.4 Å². The Morgan fingerprint density at radius 2 is 1.81 bits per heavy atom. The van der Waals surface area contributed by atoms with Gasteiger partial charge >= 0.3 is 0 Å². The Balaban J connectivity index is 0.00000304. The number of aryl methyl sites for hydroxylation is 1. The lowest BCUT2D eigenvalue weighted by atomic mass is 9.80. The predicted molar refractivity (Wildman–Crippen MR) is 142 cm³/mol. The standard InChI is InChI=1S/C26H31N3O5S.ClH/c1-17(30)27-20-5-3-19-14-22(7-4-18(19)13-20)29-11-9-26(10-12-29)16-24(31)23-15-21(28-35(2,32)33)6-8-25(23)34-26;/h3,5-6,8,13,15,22,28H,4,7,9-12,14,16H2,1-2H3,(H,27,30);1H/t22-;/m1./s1. The highest BCUT2D eigenvalue weighted by molar-refractivity contribution is 7.92. The second-order valence-corrected chi connectivity index (χ2v) is 11.8. The number of benzene rings is 2. The summed E-state index contributed by atoms with van der Waals surface area (Å²) in [6.07, 6.45) is 6.01. The fourth-order valence-electron chi connectivity index (χ4n) is 5.68. The summed E-state index contributed by atoms with van der Waals surface area (Å²) in [6, 6.07) is 11.6. The number of amides is 1. The zero-order chi connectivity index (χ0) is 24.8. The minimum absolute atomic E-state index is 0. The quantitative estimate of drug-likeness (QED) is 0.619. The van der Waals surface area contributed by atoms with E-state index in [0.29, 0.717) is 29.5 Å². The van der Waals surface area contributed by atoms with Crippen molar-refractivity contribution in [3.63, 3.8) is 0 Å².